The van der Waals surface area contributed by atoms with Gasteiger partial charge in [-0.15, -0.1) is 0 Å². The monoisotopic (exact) mass is 313 g/mol. The molecule has 7 heteroatoms. The maximum Gasteiger partial charge on any atom is 0.309 e. The van der Waals surface area contributed by atoms with Crippen molar-refractivity contribution in [3.8, 4) is 0 Å². The molecule has 1 aromatic carbocycles. The molecule has 1 atom stereocenters. The lowest BCUT2D eigenvalue weighted by atomic mass is 10.0. The first-order valence-electron chi connectivity index (χ1n) is 6.62. The molecule has 0 aliphatic carbocycles. The highest BCUT2D eigenvalue weighted by atomic mass is 32.2. The number of benzene rings is 1. The van der Waals surface area contributed by atoms with Gasteiger partial charge in [0.2, 0.25) is 10.0 Å². The van der Waals surface area contributed by atoms with Crippen molar-refractivity contribution in [2.45, 2.75) is 30.2 Å². The van der Waals surface area contributed by atoms with Crippen molar-refractivity contribution in [3.63, 3.8) is 0 Å². The predicted octanol–water partition coefficient (Wildman–Crippen LogP) is 0.859. The zero-order chi connectivity index (χ0) is 15.5. The molecule has 116 valence electrons. The molecule has 21 heavy (non-hydrogen) atoms. The van der Waals surface area contributed by atoms with Crippen molar-refractivity contribution in [3.05, 3.63) is 29.8 Å². The minimum atomic E-state index is -3.60. The molecule has 0 spiro atoms. The Balaban J connectivity index is 2.11. The van der Waals surface area contributed by atoms with Crippen molar-refractivity contribution in [2.75, 3.05) is 20.3 Å². The molecule has 0 amide bonds. The van der Waals surface area contributed by atoms with Crippen LogP contribution in [0.15, 0.2) is 29.2 Å². The number of carbonyl (C=O) groups excluding carboxylic acids is 1. The van der Waals surface area contributed by atoms with Crippen LogP contribution in [-0.4, -0.2) is 40.2 Å². The lowest BCUT2D eigenvalue weighted by molar-refractivity contribution is -0.139. The molecule has 6 nitrogen and oxygen atoms in total. The van der Waals surface area contributed by atoms with Crippen molar-refractivity contribution in [1.29, 1.82) is 0 Å². The summed E-state index contributed by atoms with van der Waals surface area (Å²) in [4.78, 5) is 11.3. The van der Waals surface area contributed by atoms with Gasteiger partial charge in [-0.05, 0) is 31.0 Å². The van der Waals surface area contributed by atoms with Crippen LogP contribution in [0.5, 0.6) is 0 Å². The number of nitrogens with one attached hydrogen (secondary N) is 1. The van der Waals surface area contributed by atoms with Crippen LogP contribution in [0.3, 0.4) is 0 Å². The SMILES string of the molecule is COC(=O)Cc1ccc(S(=O)(=O)NC2(C)CCOC2)cc1. The molecule has 0 bridgehead atoms. The molecule has 0 radical (unpaired) electrons. The van der Waals surface area contributed by atoms with Gasteiger partial charge < -0.3 is 9.47 Å². The van der Waals surface area contributed by atoms with Gasteiger partial charge in [0.25, 0.3) is 0 Å². The summed E-state index contributed by atoms with van der Waals surface area (Å²) >= 11 is 0. The van der Waals surface area contributed by atoms with Gasteiger partial charge in [0.1, 0.15) is 0 Å². The molecule has 1 aromatic rings. The second kappa shape index (κ2) is 6.13. The van der Waals surface area contributed by atoms with Crippen LogP contribution in [-0.2, 0) is 30.7 Å². The molecule has 0 aromatic heterocycles. The fourth-order valence-corrected chi connectivity index (χ4v) is 3.58. The van der Waals surface area contributed by atoms with E-state index in [-0.39, 0.29) is 17.3 Å². The summed E-state index contributed by atoms with van der Waals surface area (Å²) < 4.78 is 37.1. The van der Waals surface area contributed by atoms with E-state index in [0.717, 1.165) is 0 Å². The molecule has 1 heterocycles. The van der Waals surface area contributed by atoms with E-state index in [1.807, 2.05) is 6.92 Å². The second-order valence-electron chi connectivity index (χ2n) is 5.37. The van der Waals surface area contributed by atoms with Crippen LogP contribution in [0.4, 0.5) is 0 Å². The summed E-state index contributed by atoms with van der Waals surface area (Å²) in [6.45, 7) is 2.74. The van der Waals surface area contributed by atoms with E-state index in [9.17, 15) is 13.2 Å². The highest BCUT2D eigenvalue weighted by Crippen LogP contribution is 2.21. The van der Waals surface area contributed by atoms with Crippen molar-refractivity contribution in [1.82, 2.24) is 4.72 Å². The van der Waals surface area contributed by atoms with E-state index in [0.29, 0.717) is 25.2 Å². The molecule has 1 unspecified atom stereocenters. The summed E-state index contributed by atoms with van der Waals surface area (Å²) in [6, 6.07) is 6.19. The van der Waals surface area contributed by atoms with Crippen LogP contribution >= 0.6 is 0 Å². The smallest absolute Gasteiger partial charge is 0.309 e. The van der Waals surface area contributed by atoms with Crippen molar-refractivity contribution >= 4 is 16.0 Å². The van der Waals surface area contributed by atoms with Gasteiger partial charge in [-0.25, -0.2) is 13.1 Å². The van der Waals surface area contributed by atoms with E-state index in [4.69, 9.17) is 4.74 Å². The zero-order valence-electron chi connectivity index (χ0n) is 12.1. The van der Waals surface area contributed by atoms with Gasteiger partial charge in [0, 0.05) is 6.61 Å². The number of methoxy groups -OCH3 is 1. The lowest BCUT2D eigenvalue weighted by Gasteiger charge is -2.23. The number of rotatable bonds is 5. The average molecular weight is 313 g/mol. The topological polar surface area (TPSA) is 81.7 Å². The van der Waals surface area contributed by atoms with Gasteiger partial charge in [-0.2, -0.15) is 0 Å². The number of ether oxygens (including phenoxy) is 2. The molecule has 1 aliphatic heterocycles. The first-order chi connectivity index (χ1) is 9.85. The number of esters is 1. The normalized spacial score (nSPS) is 22.2. The van der Waals surface area contributed by atoms with Crippen LogP contribution in [0.1, 0.15) is 18.9 Å². The van der Waals surface area contributed by atoms with E-state index in [1.165, 1.54) is 19.2 Å². The third kappa shape index (κ3) is 4.03. The minimum Gasteiger partial charge on any atom is -0.469 e. The number of hydrogen-bond acceptors (Lipinski definition) is 5. The van der Waals surface area contributed by atoms with Gasteiger partial charge in [0.05, 0.1) is 30.6 Å². The minimum absolute atomic E-state index is 0.121. The standard InChI is InChI=1S/C14H19NO5S/c1-14(7-8-20-10-14)15-21(17,18)12-5-3-11(4-6-12)9-13(16)19-2/h3-6,15H,7-10H2,1-2H3. The Morgan fingerprint density at radius 3 is 2.57 bits per heavy atom. The van der Waals surface area contributed by atoms with Gasteiger partial charge >= 0.3 is 5.97 Å². The largest absolute Gasteiger partial charge is 0.469 e. The molecular formula is C14H19NO5S. The Morgan fingerprint density at radius 1 is 1.38 bits per heavy atom. The molecule has 2 rings (SSSR count). The summed E-state index contributed by atoms with van der Waals surface area (Å²) in [7, 11) is -2.28. The second-order valence-corrected chi connectivity index (χ2v) is 7.05. The fraction of sp³-hybridized carbons (Fsp3) is 0.500. The van der Waals surface area contributed by atoms with E-state index >= 15 is 0 Å². The maximum atomic E-state index is 12.3. The number of sulfonamides is 1. The Bertz CT molecular complexity index is 603. The summed E-state index contributed by atoms with van der Waals surface area (Å²) in [5, 5.41) is 0. The fourth-order valence-electron chi connectivity index (χ4n) is 2.16. The summed E-state index contributed by atoms with van der Waals surface area (Å²) in [5.74, 6) is -0.362. The third-order valence-electron chi connectivity index (χ3n) is 3.41. The Kier molecular flexibility index (Phi) is 4.65. The summed E-state index contributed by atoms with van der Waals surface area (Å²) in [6.07, 6.45) is 0.766. The highest BCUT2D eigenvalue weighted by molar-refractivity contribution is 7.89. The molecule has 1 aliphatic rings. The van der Waals surface area contributed by atoms with E-state index < -0.39 is 15.6 Å². The molecular weight excluding hydrogens is 294 g/mol. The van der Waals surface area contributed by atoms with Crippen molar-refractivity contribution < 1.29 is 22.7 Å². The predicted molar refractivity (Wildman–Crippen MR) is 76.3 cm³/mol. The first kappa shape index (κ1) is 15.9. The lowest BCUT2D eigenvalue weighted by Crippen LogP contribution is -2.46. The van der Waals surface area contributed by atoms with E-state index in [1.54, 1.807) is 12.1 Å². The number of hydrogen-bond donors (Lipinski definition) is 1. The Labute approximate surface area is 124 Å². The van der Waals surface area contributed by atoms with Gasteiger partial charge in [-0.1, -0.05) is 12.1 Å². The van der Waals surface area contributed by atoms with Gasteiger partial charge in [-0.3, -0.25) is 4.79 Å². The van der Waals surface area contributed by atoms with Crippen molar-refractivity contribution in [2.24, 2.45) is 0 Å². The van der Waals surface area contributed by atoms with Gasteiger partial charge in [0.15, 0.2) is 0 Å². The molecule has 0 saturated carbocycles. The quantitative estimate of drug-likeness (QED) is 0.815. The molecule has 1 N–H and O–H groups in total. The molecule has 1 saturated heterocycles. The first-order valence-corrected chi connectivity index (χ1v) is 8.10. The van der Waals surface area contributed by atoms with Crippen LogP contribution in [0.2, 0.25) is 0 Å². The third-order valence-corrected chi connectivity index (χ3v) is 5.06. The number of carbonyl (C=O) groups is 1. The average Bonchev–Trinajstić information content (AvgIpc) is 2.84. The highest BCUT2D eigenvalue weighted by Gasteiger charge is 2.34. The zero-order valence-corrected chi connectivity index (χ0v) is 12.9. The van der Waals surface area contributed by atoms with Crippen LogP contribution in [0, 0.1) is 0 Å². The molecule has 1 fully saturated rings. The Hall–Kier alpha value is -1.44. The Morgan fingerprint density at radius 2 is 2.05 bits per heavy atom. The maximum absolute atomic E-state index is 12.3. The van der Waals surface area contributed by atoms with E-state index in [2.05, 4.69) is 9.46 Å². The van der Waals surface area contributed by atoms with Crippen LogP contribution < -0.4 is 4.72 Å². The summed E-state index contributed by atoms with van der Waals surface area (Å²) in [5.41, 5.74) is 0.139. The van der Waals surface area contributed by atoms with Crippen LogP contribution in [0.25, 0.3) is 0 Å².